The molecule has 5 rings (SSSR count). The summed E-state index contributed by atoms with van der Waals surface area (Å²) in [4.78, 5) is 31.7. The molecule has 0 aliphatic rings. The standard InChI is InChI=1S/C26H22ClN7O2S/c1-32(2)24-13-17(10-11-28-24)20-14-19(33-12-4-3-5-25(33)35)6-7-21(20)34-16-18(30-31-34)15-29-26(36)22-8-9-23(27)37-22/h3-14,16H,15H2,1-2H3,(H,29,36). The van der Waals surface area contributed by atoms with Gasteiger partial charge in [-0.3, -0.25) is 14.2 Å². The highest BCUT2D eigenvalue weighted by Gasteiger charge is 2.15. The van der Waals surface area contributed by atoms with E-state index in [1.807, 2.05) is 55.4 Å². The van der Waals surface area contributed by atoms with Gasteiger partial charge in [-0.15, -0.1) is 16.4 Å². The first-order valence-electron chi connectivity index (χ1n) is 11.3. The van der Waals surface area contributed by atoms with Gasteiger partial charge in [0.1, 0.15) is 11.5 Å². The van der Waals surface area contributed by atoms with Crippen molar-refractivity contribution in [2.75, 3.05) is 19.0 Å². The Balaban J connectivity index is 1.51. The monoisotopic (exact) mass is 531 g/mol. The van der Waals surface area contributed by atoms with Gasteiger partial charge in [-0.05, 0) is 54.1 Å². The first kappa shape index (κ1) is 24.4. The summed E-state index contributed by atoms with van der Waals surface area (Å²) in [6.45, 7) is 0.210. The summed E-state index contributed by atoms with van der Waals surface area (Å²) in [6, 6.07) is 18.0. The van der Waals surface area contributed by atoms with Gasteiger partial charge >= 0.3 is 0 Å². The Hall–Kier alpha value is -4.28. The largest absolute Gasteiger partial charge is 0.363 e. The van der Waals surface area contributed by atoms with Gasteiger partial charge < -0.3 is 10.2 Å². The van der Waals surface area contributed by atoms with Gasteiger partial charge in [0.15, 0.2) is 0 Å². The Morgan fingerprint density at radius 1 is 1.11 bits per heavy atom. The third kappa shape index (κ3) is 5.30. The molecule has 1 aromatic carbocycles. The van der Waals surface area contributed by atoms with E-state index in [0.29, 0.717) is 14.9 Å². The van der Waals surface area contributed by atoms with Crippen LogP contribution < -0.4 is 15.8 Å². The number of carbonyl (C=O) groups is 1. The maximum absolute atomic E-state index is 12.5. The fourth-order valence-corrected chi connectivity index (χ4v) is 4.73. The molecule has 0 saturated heterocycles. The van der Waals surface area contributed by atoms with E-state index in [-0.39, 0.29) is 18.0 Å². The maximum atomic E-state index is 12.5. The second-order valence-electron chi connectivity index (χ2n) is 8.35. The maximum Gasteiger partial charge on any atom is 0.261 e. The molecule has 9 nitrogen and oxygen atoms in total. The molecule has 11 heteroatoms. The second kappa shape index (κ2) is 10.4. The molecule has 0 unspecified atom stereocenters. The van der Waals surface area contributed by atoms with Crippen LogP contribution in [0.5, 0.6) is 0 Å². The molecule has 0 fully saturated rings. The highest BCUT2D eigenvalue weighted by atomic mass is 35.5. The molecule has 0 atom stereocenters. The Bertz CT molecular complexity index is 1640. The van der Waals surface area contributed by atoms with Crippen molar-refractivity contribution in [2.45, 2.75) is 6.54 Å². The fourth-order valence-electron chi connectivity index (χ4n) is 3.77. The number of carbonyl (C=O) groups excluding carboxylic acids is 1. The Labute approximate surface area is 221 Å². The van der Waals surface area contributed by atoms with Crippen molar-refractivity contribution < 1.29 is 4.79 Å². The SMILES string of the molecule is CN(C)c1cc(-c2cc(-n3ccccc3=O)ccc2-n2cc(CNC(=O)c3ccc(Cl)s3)nn2)ccn1. The van der Waals surface area contributed by atoms with Crippen LogP contribution in [0, 0.1) is 0 Å². The van der Waals surface area contributed by atoms with Crippen LogP contribution in [0.2, 0.25) is 4.34 Å². The molecule has 0 spiro atoms. The van der Waals surface area contributed by atoms with Crippen molar-refractivity contribution in [3.63, 3.8) is 0 Å². The zero-order chi connectivity index (χ0) is 25.9. The van der Waals surface area contributed by atoms with E-state index in [4.69, 9.17) is 11.6 Å². The lowest BCUT2D eigenvalue weighted by Crippen LogP contribution is -2.21. The third-order valence-corrected chi connectivity index (χ3v) is 6.84. The van der Waals surface area contributed by atoms with E-state index in [0.717, 1.165) is 28.3 Å². The summed E-state index contributed by atoms with van der Waals surface area (Å²) in [5.41, 5.74) is 3.69. The van der Waals surface area contributed by atoms with Crippen LogP contribution in [0.3, 0.4) is 0 Å². The van der Waals surface area contributed by atoms with Crippen LogP contribution in [0.1, 0.15) is 15.4 Å². The molecule has 0 radical (unpaired) electrons. The summed E-state index contributed by atoms with van der Waals surface area (Å²) < 4.78 is 3.80. The number of benzene rings is 1. The van der Waals surface area contributed by atoms with E-state index in [1.54, 1.807) is 46.0 Å². The van der Waals surface area contributed by atoms with Gasteiger partial charge in [-0.1, -0.05) is 22.9 Å². The summed E-state index contributed by atoms with van der Waals surface area (Å²) >= 11 is 7.15. The quantitative estimate of drug-likeness (QED) is 0.338. The molecule has 0 aliphatic heterocycles. The fraction of sp³-hybridized carbons (Fsp3) is 0.115. The predicted molar refractivity (Wildman–Crippen MR) is 145 cm³/mol. The zero-order valence-corrected chi connectivity index (χ0v) is 21.6. The van der Waals surface area contributed by atoms with E-state index in [2.05, 4.69) is 20.6 Å². The Kier molecular flexibility index (Phi) is 6.85. The smallest absolute Gasteiger partial charge is 0.261 e. The van der Waals surface area contributed by atoms with Crippen LogP contribution in [0.15, 0.2) is 84.0 Å². The number of pyridine rings is 2. The molecule has 4 heterocycles. The van der Waals surface area contributed by atoms with E-state index >= 15 is 0 Å². The topological polar surface area (TPSA) is 97.9 Å². The lowest BCUT2D eigenvalue weighted by atomic mass is 10.0. The van der Waals surface area contributed by atoms with Gasteiger partial charge in [0.25, 0.3) is 11.5 Å². The summed E-state index contributed by atoms with van der Waals surface area (Å²) in [6.07, 6.45) is 5.24. The number of thiophene rings is 1. The molecular weight excluding hydrogens is 510 g/mol. The molecule has 0 saturated carbocycles. The minimum Gasteiger partial charge on any atom is -0.363 e. The van der Waals surface area contributed by atoms with Crippen molar-refractivity contribution in [1.29, 1.82) is 0 Å². The van der Waals surface area contributed by atoms with Crippen LogP contribution >= 0.6 is 22.9 Å². The predicted octanol–water partition coefficient (Wildman–Crippen LogP) is 4.19. The minimum atomic E-state index is -0.224. The average molecular weight is 532 g/mol. The van der Waals surface area contributed by atoms with Gasteiger partial charge in [0.2, 0.25) is 0 Å². The van der Waals surface area contributed by atoms with Crippen molar-refractivity contribution in [3.05, 3.63) is 105 Å². The van der Waals surface area contributed by atoms with Crippen LogP contribution in [-0.4, -0.2) is 44.5 Å². The van der Waals surface area contributed by atoms with E-state index in [1.165, 1.54) is 17.4 Å². The van der Waals surface area contributed by atoms with Crippen molar-refractivity contribution in [1.82, 2.24) is 29.9 Å². The van der Waals surface area contributed by atoms with Crippen molar-refractivity contribution in [3.8, 4) is 22.5 Å². The number of amides is 1. The van der Waals surface area contributed by atoms with Gasteiger partial charge in [0, 0.05) is 43.8 Å². The number of aromatic nitrogens is 5. The highest BCUT2D eigenvalue weighted by Crippen LogP contribution is 2.30. The number of halogens is 1. The van der Waals surface area contributed by atoms with Crippen LogP contribution in [0.25, 0.3) is 22.5 Å². The molecule has 0 bridgehead atoms. The Morgan fingerprint density at radius 3 is 2.73 bits per heavy atom. The van der Waals surface area contributed by atoms with Crippen LogP contribution in [0.4, 0.5) is 5.82 Å². The molecule has 4 aromatic heterocycles. The molecule has 1 amide bonds. The zero-order valence-electron chi connectivity index (χ0n) is 20.0. The number of nitrogens with one attached hydrogen (secondary N) is 1. The van der Waals surface area contributed by atoms with Crippen molar-refractivity contribution in [2.24, 2.45) is 0 Å². The molecule has 37 heavy (non-hydrogen) atoms. The summed E-state index contributed by atoms with van der Waals surface area (Å²) in [5.74, 6) is 0.569. The number of anilines is 1. The number of nitrogens with zero attached hydrogens (tertiary/aromatic N) is 6. The van der Waals surface area contributed by atoms with Gasteiger partial charge in [-0.2, -0.15) is 0 Å². The first-order chi connectivity index (χ1) is 17.9. The van der Waals surface area contributed by atoms with Crippen molar-refractivity contribution >= 4 is 34.7 Å². The third-order valence-electron chi connectivity index (χ3n) is 5.61. The van der Waals surface area contributed by atoms with Gasteiger partial charge in [-0.25, -0.2) is 9.67 Å². The lowest BCUT2D eigenvalue weighted by molar-refractivity contribution is 0.0954. The van der Waals surface area contributed by atoms with Gasteiger partial charge in [0.05, 0.1) is 27.6 Å². The van der Waals surface area contributed by atoms with E-state index < -0.39 is 0 Å². The normalized spacial score (nSPS) is 10.9. The number of rotatable bonds is 7. The van der Waals surface area contributed by atoms with Crippen LogP contribution in [-0.2, 0) is 6.54 Å². The minimum absolute atomic E-state index is 0.129. The number of hydrogen-bond donors (Lipinski definition) is 1. The average Bonchev–Trinajstić information content (AvgIpc) is 3.56. The molecule has 0 aliphatic carbocycles. The lowest BCUT2D eigenvalue weighted by Gasteiger charge is -2.16. The highest BCUT2D eigenvalue weighted by molar-refractivity contribution is 7.18. The first-order valence-corrected chi connectivity index (χ1v) is 12.5. The molecule has 1 N–H and O–H groups in total. The summed E-state index contributed by atoms with van der Waals surface area (Å²) in [7, 11) is 3.85. The second-order valence-corrected chi connectivity index (χ2v) is 10.1. The van der Waals surface area contributed by atoms with E-state index in [9.17, 15) is 9.59 Å². The molecular formula is C26H22ClN7O2S. The number of hydrogen-bond acceptors (Lipinski definition) is 7. The summed E-state index contributed by atoms with van der Waals surface area (Å²) in [5, 5.41) is 11.4. The Morgan fingerprint density at radius 2 is 1.97 bits per heavy atom. The molecule has 5 aromatic rings. The molecule has 186 valence electrons.